The highest BCUT2D eigenvalue weighted by Crippen LogP contribution is 2.34. The molecule has 1 aromatic carbocycles. The van der Waals surface area contributed by atoms with Crippen LogP contribution in [0.1, 0.15) is 57.7 Å². The first kappa shape index (κ1) is 25.0. The maximum absolute atomic E-state index is 14.8. The number of halogens is 1. The van der Waals surface area contributed by atoms with E-state index >= 15 is 0 Å². The highest BCUT2D eigenvalue weighted by atomic mass is 19.1. The van der Waals surface area contributed by atoms with Crippen LogP contribution in [0, 0.1) is 5.82 Å². The number of nitrogens with zero attached hydrogens (tertiary/aromatic N) is 6. The Morgan fingerprint density at radius 2 is 2.08 bits per heavy atom. The topological polar surface area (TPSA) is 85.1 Å². The first-order valence-electron chi connectivity index (χ1n) is 12.6. The van der Waals surface area contributed by atoms with Crippen LogP contribution in [0.2, 0.25) is 0 Å². The van der Waals surface area contributed by atoms with Crippen LogP contribution in [0.5, 0.6) is 5.75 Å². The summed E-state index contributed by atoms with van der Waals surface area (Å²) in [4.78, 5) is 21.2. The zero-order valence-corrected chi connectivity index (χ0v) is 22.2. The lowest BCUT2D eigenvalue weighted by molar-refractivity contribution is 0.0123. The molecule has 0 fully saturated rings. The second-order valence-corrected chi connectivity index (χ2v) is 10.8. The second kappa shape index (κ2) is 9.32. The highest BCUT2D eigenvalue weighted by Gasteiger charge is 2.34. The molecule has 0 bridgehead atoms. The lowest BCUT2D eigenvalue weighted by Gasteiger charge is -2.38. The third-order valence-electron chi connectivity index (χ3n) is 6.81. The summed E-state index contributed by atoms with van der Waals surface area (Å²) in [5.41, 5.74) is 3.53. The van der Waals surface area contributed by atoms with Crippen molar-refractivity contribution < 1.29 is 18.7 Å². The Balaban J connectivity index is 1.43. The van der Waals surface area contributed by atoms with Gasteiger partial charge in [0.2, 0.25) is 5.95 Å². The van der Waals surface area contributed by atoms with Gasteiger partial charge in [0.05, 0.1) is 12.6 Å². The van der Waals surface area contributed by atoms with Crippen molar-refractivity contribution in [2.45, 2.75) is 71.7 Å². The number of hydrogen-bond donors (Lipinski definition) is 0. The molecular formula is C27H33FN6O3. The van der Waals surface area contributed by atoms with Crippen molar-refractivity contribution in [3.05, 3.63) is 53.2 Å². The minimum absolute atomic E-state index is 0.0689. The third-order valence-corrected chi connectivity index (χ3v) is 6.81. The van der Waals surface area contributed by atoms with E-state index < -0.39 is 5.60 Å². The van der Waals surface area contributed by atoms with Crippen molar-refractivity contribution in [2.24, 2.45) is 0 Å². The minimum atomic E-state index is -0.560. The third kappa shape index (κ3) is 4.72. The van der Waals surface area contributed by atoms with Gasteiger partial charge in [0.25, 0.3) is 0 Å². The molecule has 2 aromatic heterocycles. The van der Waals surface area contributed by atoms with Crippen LogP contribution >= 0.6 is 0 Å². The first-order chi connectivity index (χ1) is 17.5. The Morgan fingerprint density at radius 3 is 2.81 bits per heavy atom. The van der Waals surface area contributed by atoms with E-state index in [4.69, 9.17) is 14.5 Å². The van der Waals surface area contributed by atoms with Crippen LogP contribution in [0.4, 0.5) is 15.1 Å². The summed E-state index contributed by atoms with van der Waals surface area (Å²) in [5, 5.41) is 8.52. The largest absolute Gasteiger partial charge is 0.493 e. The van der Waals surface area contributed by atoms with E-state index in [1.165, 1.54) is 6.07 Å². The van der Waals surface area contributed by atoms with Gasteiger partial charge in [-0.2, -0.15) is 0 Å². The quantitative estimate of drug-likeness (QED) is 0.508. The highest BCUT2D eigenvalue weighted by molar-refractivity contribution is 5.79. The van der Waals surface area contributed by atoms with Gasteiger partial charge in [-0.15, -0.1) is 10.2 Å². The number of carbonyl (C=O) groups is 1. The second-order valence-electron chi connectivity index (χ2n) is 10.8. The number of ether oxygens (including phenoxy) is 2. The molecular weight excluding hydrogens is 475 g/mol. The fourth-order valence-electron chi connectivity index (χ4n) is 5.23. The Hall–Kier alpha value is -3.69. The van der Waals surface area contributed by atoms with E-state index in [0.717, 1.165) is 22.4 Å². The molecule has 2 aliphatic rings. The van der Waals surface area contributed by atoms with Gasteiger partial charge in [-0.3, -0.25) is 9.30 Å². The van der Waals surface area contributed by atoms with Gasteiger partial charge >= 0.3 is 6.09 Å². The number of aromatic nitrogens is 4. The Bertz CT molecular complexity index is 1380. The number of anilines is 1. The summed E-state index contributed by atoms with van der Waals surface area (Å²) in [6, 6.07) is 2.91. The molecule has 2 atom stereocenters. The molecule has 0 spiro atoms. The molecule has 0 radical (unpaired) electrons. The normalized spacial score (nSPS) is 19.4. The molecule has 9 nitrogen and oxygen atoms in total. The molecule has 0 saturated heterocycles. The van der Waals surface area contributed by atoms with Gasteiger partial charge < -0.3 is 14.4 Å². The number of rotatable bonds is 4. The fourth-order valence-corrected chi connectivity index (χ4v) is 5.23. The molecule has 196 valence electrons. The molecule has 37 heavy (non-hydrogen) atoms. The summed E-state index contributed by atoms with van der Waals surface area (Å²) in [6.45, 7) is 10.5. The first-order valence-corrected chi connectivity index (χ1v) is 12.6. The van der Waals surface area contributed by atoms with E-state index in [0.29, 0.717) is 43.2 Å². The van der Waals surface area contributed by atoms with Crippen molar-refractivity contribution in [3.8, 4) is 5.75 Å². The predicted molar refractivity (Wildman–Crippen MR) is 138 cm³/mol. The van der Waals surface area contributed by atoms with Gasteiger partial charge in [0.1, 0.15) is 23.5 Å². The van der Waals surface area contributed by atoms with E-state index in [-0.39, 0.29) is 24.0 Å². The smallest absolute Gasteiger partial charge is 0.411 e. The summed E-state index contributed by atoms with van der Waals surface area (Å²) in [7, 11) is 1.87. The molecule has 10 heteroatoms. The lowest BCUT2D eigenvalue weighted by Crippen LogP contribution is -2.48. The van der Waals surface area contributed by atoms with Crippen molar-refractivity contribution in [1.82, 2.24) is 24.5 Å². The molecule has 4 heterocycles. The molecule has 0 aliphatic carbocycles. The van der Waals surface area contributed by atoms with Crippen molar-refractivity contribution in [1.29, 1.82) is 0 Å². The van der Waals surface area contributed by atoms with Gasteiger partial charge in [-0.05, 0) is 58.7 Å². The van der Waals surface area contributed by atoms with E-state index in [1.807, 2.05) is 51.0 Å². The number of hydrogen-bond acceptors (Lipinski definition) is 7. The maximum Gasteiger partial charge on any atom is 0.411 e. The van der Waals surface area contributed by atoms with Crippen LogP contribution in [0.3, 0.4) is 0 Å². The molecule has 2 aliphatic heterocycles. The van der Waals surface area contributed by atoms with Crippen LogP contribution in [0.15, 0.2) is 30.7 Å². The van der Waals surface area contributed by atoms with Crippen molar-refractivity contribution in [2.75, 3.05) is 18.6 Å². The molecule has 0 saturated carbocycles. The molecule has 1 amide bonds. The Labute approximate surface area is 215 Å². The molecule has 3 aromatic rings. The average molecular weight is 509 g/mol. The average Bonchev–Trinajstić information content (AvgIpc) is 3.48. The van der Waals surface area contributed by atoms with Crippen molar-refractivity contribution >= 4 is 23.3 Å². The number of benzene rings is 1. The number of carbonyl (C=O) groups excluding carboxylic acids is 1. The van der Waals surface area contributed by atoms with Gasteiger partial charge in [-0.1, -0.05) is 6.08 Å². The van der Waals surface area contributed by atoms with Crippen LogP contribution in [0.25, 0.3) is 11.2 Å². The standard InChI is InChI=1S/C27H33FN6O3/c1-16-11-18(12-17(2)34(16)26(35)37-27(3,4)5)20-13-29-25(33-15-30-31-24(20)33)32(6)14-21-19-9-10-36-23(19)8-7-22(21)28/h7-8,11,13,15-17H,9-10,12,14H2,1-6H3. The summed E-state index contributed by atoms with van der Waals surface area (Å²) in [6.07, 6.45) is 6.46. The van der Waals surface area contributed by atoms with E-state index in [9.17, 15) is 9.18 Å². The minimum Gasteiger partial charge on any atom is -0.493 e. The zero-order valence-electron chi connectivity index (χ0n) is 22.2. The molecule has 0 N–H and O–H groups in total. The van der Waals surface area contributed by atoms with Gasteiger partial charge in [-0.25, -0.2) is 14.2 Å². The zero-order chi connectivity index (χ0) is 26.5. The fraction of sp³-hybridized carbons (Fsp3) is 0.481. The summed E-state index contributed by atoms with van der Waals surface area (Å²) in [5.74, 6) is 1.10. The maximum atomic E-state index is 14.8. The predicted octanol–water partition coefficient (Wildman–Crippen LogP) is 4.64. The molecule has 5 rings (SSSR count). The van der Waals surface area contributed by atoms with Crippen LogP contribution in [-0.2, 0) is 17.7 Å². The molecule has 2 unspecified atom stereocenters. The number of amides is 1. The van der Waals surface area contributed by atoms with Gasteiger partial charge in [0.15, 0.2) is 5.65 Å². The number of fused-ring (bicyclic) bond motifs is 2. The summed E-state index contributed by atoms with van der Waals surface area (Å²) >= 11 is 0. The van der Waals surface area contributed by atoms with Gasteiger partial charge in [0, 0.05) is 48.9 Å². The van der Waals surface area contributed by atoms with Crippen LogP contribution in [-0.4, -0.2) is 61.9 Å². The SMILES string of the molecule is CC1C=C(c2cnc(N(C)Cc3c(F)ccc4c3CCO4)n3cnnc23)CC(C)N1C(=O)OC(C)(C)C. The Kier molecular flexibility index (Phi) is 6.29. The lowest BCUT2D eigenvalue weighted by atomic mass is 9.93. The Morgan fingerprint density at radius 1 is 1.30 bits per heavy atom. The van der Waals surface area contributed by atoms with Crippen LogP contribution < -0.4 is 9.64 Å². The van der Waals surface area contributed by atoms with E-state index in [2.05, 4.69) is 16.3 Å². The van der Waals surface area contributed by atoms with Crippen molar-refractivity contribution in [3.63, 3.8) is 0 Å². The summed E-state index contributed by atoms with van der Waals surface area (Å²) < 4.78 is 27.8. The monoisotopic (exact) mass is 508 g/mol. The van der Waals surface area contributed by atoms with E-state index in [1.54, 1.807) is 23.5 Å².